The van der Waals surface area contributed by atoms with Crippen molar-refractivity contribution in [2.24, 2.45) is 11.8 Å². The van der Waals surface area contributed by atoms with Gasteiger partial charge < -0.3 is 0 Å². The first-order valence-electron chi connectivity index (χ1n) is 14.1. The summed E-state index contributed by atoms with van der Waals surface area (Å²) in [6.07, 6.45) is 21.4. The maximum Gasteiger partial charge on any atom is 0.00356 e. The smallest absolute Gasteiger partial charge is 0.00356 e. The van der Waals surface area contributed by atoms with Crippen LogP contribution in [0, 0.1) is 11.8 Å². The summed E-state index contributed by atoms with van der Waals surface area (Å²) in [5.74, 6) is 1.58. The summed E-state index contributed by atoms with van der Waals surface area (Å²) in [4.78, 5) is 0. The Morgan fingerprint density at radius 2 is 0.839 bits per heavy atom. The predicted octanol–water partition coefficient (Wildman–Crippen LogP) is 10.4. The van der Waals surface area contributed by atoms with Crippen molar-refractivity contribution in [2.75, 3.05) is 0 Å². The van der Waals surface area contributed by atoms with E-state index in [9.17, 15) is 0 Å². The molecule has 0 aliphatic heterocycles. The first-order valence-corrected chi connectivity index (χ1v) is 15.8. The van der Waals surface area contributed by atoms with Crippen LogP contribution in [0.4, 0.5) is 0 Å². The van der Waals surface area contributed by atoms with Crippen LogP contribution in [0.25, 0.3) is 0 Å². The van der Waals surface area contributed by atoms with Gasteiger partial charge in [0, 0.05) is 5.16 Å². The summed E-state index contributed by atoms with van der Waals surface area (Å²) in [6.45, 7) is 16.8. The van der Waals surface area contributed by atoms with Crippen LogP contribution in [0.5, 0.6) is 0 Å². The topological polar surface area (TPSA) is 0 Å². The predicted molar refractivity (Wildman–Crippen MR) is 158 cm³/mol. The number of hydrogen-bond donors (Lipinski definition) is 0. The molecule has 0 saturated heterocycles. The SMILES string of the molecule is CCCCC(CC)C(P)(CCCC)C(P)(CCC)C(P)(CCCC)C(CC)CCCC. The molecule has 0 rings (SSSR count). The van der Waals surface area contributed by atoms with Crippen molar-refractivity contribution in [1.29, 1.82) is 0 Å². The normalized spacial score (nSPS) is 19.9. The summed E-state index contributed by atoms with van der Waals surface area (Å²) in [6, 6.07) is 0. The molecule has 0 aromatic rings. The van der Waals surface area contributed by atoms with Crippen molar-refractivity contribution < 1.29 is 0 Å². The molecule has 0 aromatic heterocycles. The Morgan fingerprint density at radius 1 is 0.484 bits per heavy atom. The Bertz CT molecular complexity index is 404. The maximum atomic E-state index is 3.60. The van der Waals surface area contributed by atoms with E-state index >= 15 is 0 Å². The van der Waals surface area contributed by atoms with E-state index in [1.54, 1.807) is 0 Å². The van der Waals surface area contributed by atoms with E-state index in [-0.39, 0.29) is 5.16 Å². The number of hydrogen-bond acceptors (Lipinski definition) is 0. The molecule has 0 aromatic carbocycles. The van der Waals surface area contributed by atoms with Gasteiger partial charge in [0.05, 0.1) is 0 Å². The van der Waals surface area contributed by atoms with Crippen molar-refractivity contribution in [3.8, 4) is 0 Å². The second-order valence-electron chi connectivity index (χ2n) is 10.5. The lowest BCUT2D eigenvalue weighted by atomic mass is 9.61. The molecule has 188 valence electrons. The molecule has 0 heterocycles. The van der Waals surface area contributed by atoms with Gasteiger partial charge in [-0.15, -0.1) is 27.7 Å². The Morgan fingerprint density at radius 3 is 1.10 bits per heavy atom. The molecular formula is C28H61P3. The fourth-order valence-corrected chi connectivity index (χ4v) is 9.62. The van der Waals surface area contributed by atoms with Gasteiger partial charge in [0.1, 0.15) is 0 Å². The molecule has 0 N–H and O–H groups in total. The van der Waals surface area contributed by atoms with Gasteiger partial charge >= 0.3 is 0 Å². The molecule has 7 unspecified atom stereocenters. The molecule has 31 heavy (non-hydrogen) atoms. The van der Waals surface area contributed by atoms with E-state index in [0.29, 0.717) is 10.3 Å². The molecule has 0 amide bonds. The minimum atomic E-state index is 0.247. The van der Waals surface area contributed by atoms with Crippen LogP contribution in [-0.2, 0) is 0 Å². The molecule has 0 saturated carbocycles. The van der Waals surface area contributed by atoms with Crippen molar-refractivity contribution in [3.63, 3.8) is 0 Å². The van der Waals surface area contributed by atoms with Crippen LogP contribution in [-0.4, -0.2) is 15.5 Å². The molecule has 7 atom stereocenters. The molecule has 0 fully saturated rings. The summed E-state index contributed by atoms with van der Waals surface area (Å²) >= 11 is 0. The van der Waals surface area contributed by atoms with Gasteiger partial charge in [-0.1, -0.05) is 119 Å². The zero-order valence-corrected chi connectivity index (χ0v) is 26.2. The Labute approximate surface area is 206 Å². The maximum absolute atomic E-state index is 3.60. The highest BCUT2D eigenvalue weighted by Crippen LogP contribution is 2.64. The van der Waals surface area contributed by atoms with Crippen LogP contribution < -0.4 is 0 Å². The largest absolute Gasteiger partial charge is 0.130 e. The number of unbranched alkanes of at least 4 members (excludes halogenated alkanes) is 4. The second kappa shape index (κ2) is 16.8. The van der Waals surface area contributed by atoms with Crippen LogP contribution in [0.1, 0.15) is 151 Å². The standard InChI is InChI=1S/C28H61P3/c1-8-15-19-24(13-6)26(29,22-17-10-3)28(31,21-12-5)27(30,23-18-11-4)25(14-7)20-16-9-2/h24-25H,8-23,29-31H2,1-7H3. The van der Waals surface area contributed by atoms with Gasteiger partial charge in [0.25, 0.3) is 0 Å². The van der Waals surface area contributed by atoms with Crippen molar-refractivity contribution in [2.45, 2.75) is 167 Å². The lowest BCUT2D eigenvalue weighted by Crippen LogP contribution is -2.63. The van der Waals surface area contributed by atoms with Crippen LogP contribution >= 0.6 is 27.7 Å². The third kappa shape index (κ3) is 8.18. The van der Waals surface area contributed by atoms with E-state index < -0.39 is 0 Å². The summed E-state index contributed by atoms with van der Waals surface area (Å²) < 4.78 is 0. The first-order chi connectivity index (χ1) is 14.7. The molecule has 0 aliphatic carbocycles. The zero-order chi connectivity index (χ0) is 24.0. The Hall–Kier alpha value is 1.29. The summed E-state index contributed by atoms with van der Waals surface area (Å²) in [5.41, 5.74) is 0. The van der Waals surface area contributed by atoms with Gasteiger partial charge in [-0.25, -0.2) is 0 Å². The van der Waals surface area contributed by atoms with Gasteiger partial charge in [-0.3, -0.25) is 0 Å². The number of rotatable bonds is 20. The van der Waals surface area contributed by atoms with Gasteiger partial charge in [0.2, 0.25) is 0 Å². The van der Waals surface area contributed by atoms with Crippen molar-refractivity contribution >= 4 is 27.7 Å². The molecule has 0 radical (unpaired) electrons. The summed E-state index contributed by atoms with van der Waals surface area (Å²) in [7, 11) is 10.7. The van der Waals surface area contributed by atoms with Gasteiger partial charge in [-0.05, 0) is 54.3 Å². The Kier molecular flexibility index (Phi) is 17.5. The van der Waals surface area contributed by atoms with Crippen LogP contribution in [0.15, 0.2) is 0 Å². The van der Waals surface area contributed by atoms with Crippen molar-refractivity contribution in [3.05, 3.63) is 0 Å². The first kappa shape index (κ1) is 32.3. The molecule has 3 heteroatoms. The molecule has 0 spiro atoms. The average Bonchev–Trinajstić information content (AvgIpc) is 2.76. The molecule has 0 aliphatic rings. The van der Waals surface area contributed by atoms with Gasteiger partial charge in [-0.2, -0.15) is 0 Å². The Balaban J connectivity index is 6.68. The van der Waals surface area contributed by atoms with Crippen LogP contribution in [0.3, 0.4) is 0 Å². The molecular weight excluding hydrogens is 429 g/mol. The molecule has 0 nitrogen and oxygen atoms in total. The highest BCUT2D eigenvalue weighted by molar-refractivity contribution is 7.28. The van der Waals surface area contributed by atoms with E-state index in [0.717, 1.165) is 11.8 Å². The minimum absolute atomic E-state index is 0.247. The third-order valence-electron chi connectivity index (χ3n) is 8.45. The highest BCUT2D eigenvalue weighted by atomic mass is 31.0. The van der Waals surface area contributed by atoms with E-state index in [2.05, 4.69) is 76.2 Å². The summed E-state index contributed by atoms with van der Waals surface area (Å²) in [5, 5.41) is 0.836. The quantitative estimate of drug-likeness (QED) is 0.149. The second-order valence-corrected chi connectivity index (χ2v) is 13.6. The fraction of sp³-hybridized carbons (Fsp3) is 1.00. The monoisotopic (exact) mass is 490 g/mol. The van der Waals surface area contributed by atoms with Crippen LogP contribution in [0.2, 0.25) is 0 Å². The minimum Gasteiger partial charge on any atom is -0.130 e. The van der Waals surface area contributed by atoms with E-state index in [1.165, 1.54) is 103 Å². The van der Waals surface area contributed by atoms with E-state index in [4.69, 9.17) is 0 Å². The fourth-order valence-electron chi connectivity index (χ4n) is 6.37. The average molecular weight is 491 g/mol. The van der Waals surface area contributed by atoms with Crippen molar-refractivity contribution in [1.82, 2.24) is 0 Å². The lowest BCUT2D eigenvalue weighted by Gasteiger charge is -2.62. The highest BCUT2D eigenvalue weighted by Gasteiger charge is 2.59. The van der Waals surface area contributed by atoms with Gasteiger partial charge in [0.15, 0.2) is 0 Å². The third-order valence-corrected chi connectivity index (χ3v) is 13.0. The lowest BCUT2D eigenvalue weighted by molar-refractivity contribution is 0.150. The molecule has 0 bridgehead atoms. The zero-order valence-electron chi connectivity index (χ0n) is 22.7. The van der Waals surface area contributed by atoms with E-state index in [1.807, 2.05) is 0 Å².